The van der Waals surface area contributed by atoms with E-state index >= 15 is 0 Å². The number of aliphatic carboxylic acids is 1. The van der Waals surface area contributed by atoms with Gasteiger partial charge in [0.1, 0.15) is 0 Å². The molecule has 6 heteroatoms. The first-order valence-electron chi connectivity index (χ1n) is 14.6. The van der Waals surface area contributed by atoms with Crippen LogP contribution in [0.4, 0.5) is 11.4 Å². The van der Waals surface area contributed by atoms with Gasteiger partial charge in [-0.25, -0.2) is 0 Å². The molecule has 1 unspecified atom stereocenters. The molecule has 0 saturated heterocycles. The highest BCUT2D eigenvalue weighted by Crippen LogP contribution is 2.29. The van der Waals surface area contributed by atoms with E-state index in [1.165, 1.54) is 5.57 Å². The topological polar surface area (TPSA) is 91.1 Å². The van der Waals surface area contributed by atoms with E-state index in [9.17, 15) is 9.59 Å². The van der Waals surface area contributed by atoms with Gasteiger partial charge in [-0.2, -0.15) is 0 Å². The highest BCUT2D eigenvalue weighted by atomic mass is 16.4. The van der Waals surface area contributed by atoms with E-state index < -0.39 is 5.97 Å². The maximum atomic E-state index is 12.9. The predicted molar refractivity (Wildman–Crippen MR) is 176 cm³/mol. The summed E-state index contributed by atoms with van der Waals surface area (Å²) in [5, 5.41) is 11.9. The molecule has 0 aromatic heterocycles. The zero-order valence-corrected chi connectivity index (χ0v) is 25.4. The van der Waals surface area contributed by atoms with Gasteiger partial charge >= 0.3 is 5.97 Å². The van der Waals surface area contributed by atoms with Crippen LogP contribution < -0.4 is 5.32 Å². The fraction of sp³-hybridized carbons (Fsp3) is 0.429. The maximum Gasteiger partial charge on any atom is 0.303 e. The van der Waals surface area contributed by atoms with Gasteiger partial charge in [0.05, 0.1) is 11.4 Å². The molecule has 0 radical (unpaired) electrons. The summed E-state index contributed by atoms with van der Waals surface area (Å²) in [6.45, 7) is 8.27. The Labute approximate surface area is 248 Å². The zero-order valence-electron chi connectivity index (χ0n) is 25.4. The van der Waals surface area contributed by atoms with Crippen molar-refractivity contribution in [3.05, 3.63) is 71.9 Å². The number of hydrogen-bond donors (Lipinski definition) is 2. The lowest BCUT2D eigenvalue weighted by atomic mass is 9.94. The molecule has 1 atom stereocenters. The van der Waals surface area contributed by atoms with E-state index in [4.69, 9.17) is 5.11 Å². The first kappa shape index (κ1) is 37.0. The lowest BCUT2D eigenvalue weighted by Crippen LogP contribution is -2.34. The summed E-state index contributed by atoms with van der Waals surface area (Å²) in [5.74, 6) is -0.893. The second-order valence-electron chi connectivity index (χ2n) is 9.28. The smallest absolute Gasteiger partial charge is 0.303 e. The summed E-state index contributed by atoms with van der Waals surface area (Å²) in [6.07, 6.45) is 34.1. The van der Waals surface area contributed by atoms with Gasteiger partial charge < -0.3 is 10.4 Å². The summed E-state index contributed by atoms with van der Waals surface area (Å²) < 4.78 is 0. The highest BCUT2D eigenvalue weighted by Gasteiger charge is 2.17. The minimum atomic E-state index is -0.783. The molecule has 0 fully saturated rings. The van der Waals surface area contributed by atoms with Gasteiger partial charge in [-0.05, 0) is 83.4 Å². The quantitative estimate of drug-likeness (QED) is 0.0783. The third-order valence-electron chi connectivity index (χ3n) is 6.05. The number of rotatable bonds is 14. The van der Waals surface area contributed by atoms with Crippen molar-refractivity contribution in [3.63, 3.8) is 0 Å². The Hall–Kier alpha value is -3.98. The molecule has 1 aromatic rings. The zero-order chi connectivity index (χ0) is 30.7. The SMILES string of the molecule is C#C.C/C=C\C=C/CC=Nc1ccc(C(=O)NC2C=C(CC)CCC2)cc1N=CCCCCC(=O)O.C/C=C\CC. The molecule has 2 N–H and O–H groups in total. The Morgan fingerprint density at radius 2 is 1.78 bits per heavy atom. The fourth-order valence-corrected chi connectivity index (χ4v) is 3.93. The molecule has 1 aliphatic rings. The number of terminal acetylenes is 1. The van der Waals surface area contributed by atoms with Gasteiger partial charge in [-0.3, -0.25) is 19.6 Å². The van der Waals surface area contributed by atoms with Crippen molar-refractivity contribution in [2.75, 3.05) is 0 Å². The molecule has 41 heavy (non-hydrogen) atoms. The van der Waals surface area contributed by atoms with Crippen LogP contribution in [0.25, 0.3) is 0 Å². The molecule has 0 saturated carbocycles. The van der Waals surface area contributed by atoms with E-state index in [0.717, 1.165) is 38.5 Å². The highest BCUT2D eigenvalue weighted by molar-refractivity contribution is 5.96. The molecule has 222 valence electrons. The number of amides is 1. The molecule has 1 aromatic carbocycles. The number of nitrogens with zero attached hydrogens (tertiary/aromatic N) is 2. The Kier molecular flexibility index (Phi) is 22.6. The summed E-state index contributed by atoms with van der Waals surface area (Å²) in [7, 11) is 0. The molecule has 0 bridgehead atoms. The van der Waals surface area contributed by atoms with E-state index in [2.05, 4.69) is 60.2 Å². The van der Waals surface area contributed by atoms with Crippen LogP contribution in [0.15, 0.2) is 76.3 Å². The van der Waals surface area contributed by atoms with E-state index in [1.54, 1.807) is 18.3 Å². The lowest BCUT2D eigenvalue weighted by Gasteiger charge is -2.22. The molecule has 0 aliphatic heterocycles. The first-order valence-corrected chi connectivity index (χ1v) is 14.6. The molecule has 2 rings (SSSR count). The van der Waals surface area contributed by atoms with Crippen molar-refractivity contribution in [2.24, 2.45) is 9.98 Å². The number of carboxylic acids is 1. The van der Waals surface area contributed by atoms with E-state index in [0.29, 0.717) is 36.2 Å². The van der Waals surface area contributed by atoms with Gasteiger partial charge in [0.2, 0.25) is 0 Å². The van der Waals surface area contributed by atoms with Crippen molar-refractivity contribution >= 4 is 35.7 Å². The second-order valence-corrected chi connectivity index (χ2v) is 9.28. The lowest BCUT2D eigenvalue weighted by molar-refractivity contribution is -0.137. The molecule has 6 nitrogen and oxygen atoms in total. The standard InChI is InChI=1S/C28H37N3O3.C5H10.C2H2/c1-3-5-6-7-10-18-29-25-17-16-23(21-26(25)30-19-11-8-9-15-27(32)33)28(34)31-24-14-12-13-22(4-2)20-24;1-3-5-4-2;1-2/h3,5-7,16-21,24H,4,8-15H2,1-2H3,(H,31,34)(H,32,33);3,5H,4H2,1-2H3;1-2H/b5-3-,7-6-,29-18?,30-19?;5-3-;. The third kappa shape index (κ3) is 18.1. The number of hydrogen-bond acceptors (Lipinski definition) is 4. The third-order valence-corrected chi connectivity index (χ3v) is 6.05. The van der Waals surface area contributed by atoms with Gasteiger partial charge in [0.15, 0.2) is 0 Å². The molecule has 1 amide bonds. The Balaban J connectivity index is 0.00000205. The van der Waals surface area contributed by atoms with Crippen molar-refractivity contribution < 1.29 is 14.7 Å². The Bertz CT molecular complexity index is 1090. The van der Waals surface area contributed by atoms with Crippen molar-refractivity contribution in [3.8, 4) is 12.8 Å². The van der Waals surface area contributed by atoms with Crippen LogP contribution in [0.3, 0.4) is 0 Å². The van der Waals surface area contributed by atoms with Gasteiger partial charge in [0.25, 0.3) is 5.91 Å². The van der Waals surface area contributed by atoms with Gasteiger partial charge in [-0.1, -0.05) is 62.0 Å². The summed E-state index contributed by atoms with van der Waals surface area (Å²) in [5.41, 5.74) is 3.29. The summed E-state index contributed by atoms with van der Waals surface area (Å²) >= 11 is 0. The number of carbonyl (C=O) groups excluding carboxylic acids is 1. The first-order chi connectivity index (χ1) is 19.9. The molecule has 1 aliphatic carbocycles. The maximum absolute atomic E-state index is 12.9. The van der Waals surface area contributed by atoms with Crippen LogP contribution in [-0.4, -0.2) is 35.5 Å². The van der Waals surface area contributed by atoms with Crippen molar-refractivity contribution in [2.45, 2.75) is 97.9 Å². The van der Waals surface area contributed by atoms with Crippen LogP contribution >= 0.6 is 0 Å². The summed E-state index contributed by atoms with van der Waals surface area (Å²) in [4.78, 5) is 32.7. The average Bonchev–Trinajstić information content (AvgIpc) is 2.98. The van der Waals surface area contributed by atoms with Crippen LogP contribution in [0.1, 0.15) is 102 Å². The van der Waals surface area contributed by atoms with Gasteiger partial charge in [0, 0.05) is 36.9 Å². The van der Waals surface area contributed by atoms with Crippen LogP contribution in [0.2, 0.25) is 0 Å². The number of allylic oxidation sites excluding steroid dienone is 7. The molecular weight excluding hydrogens is 510 g/mol. The molecule has 0 spiro atoms. The Morgan fingerprint density at radius 1 is 1.02 bits per heavy atom. The fourth-order valence-electron chi connectivity index (χ4n) is 3.93. The molecular formula is C35H49N3O3. The van der Waals surface area contributed by atoms with Crippen LogP contribution in [-0.2, 0) is 4.79 Å². The summed E-state index contributed by atoms with van der Waals surface area (Å²) in [6, 6.07) is 5.46. The second kappa shape index (κ2) is 25.0. The number of nitrogens with one attached hydrogen (secondary N) is 1. The predicted octanol–water partition coefficient (Wildman–Crippen LogP) is 9.10. The number of carboxylic acid groups (broad SMARTS) is 1. The van der Waals surface area contributed by atoms with Gasteiger partial charge in [-0.15, -0.1) is 12.8 Å². The minimum absolute atomic E-state index is 0.0686. The number of unbranched alkanes of at least 4 members (excludes halogenated alkanes) is 2. The van der Waals surface area contributed by atoms with Crippen molar-refractivity contribution in [1.82, 2.24) is 5.32 Å². The number of aliphatic imine (C=N–C) groups is 2. The molecule has 0 heterocycles. The largest absolute Gasteiger partial charge is 0.481 e. The van der Waals surface area contributed by atoms with E-state index in [-0.39, 0.29) is 18.4 Å². The monoisotopic (exact) mass is 559 g/mol. The normalized spacial score (nSPS) is 15.1. The number of carbonyl (C=O) groups is 2. The Morgan fingerprint density at radius 3 is 2.41 bits per heavy atom. The van der Waals surface area contributed by atoms with Crippen LogP contribution in [0.5, 0.6) is 0 Å². The minimum Gasteiger partial charge on any atom is -0.481 e. The number of benzene rings is 1. The van der Waals surface area contributed by atoms with Crippen LogP contribution in [0, 0.1) is 12.8 Å². The van der Waals surface area contributed by atoms with E-state index in [1.807, 2.05) is 50.4 Å². The van der Waals surface area contributed by atoms with Crippen molar-refractivity contribution in [1.29, 1.82) is 0 Å². The average molecular weight is 560 g/mol.